The highest BCUT2D eigenvalue weighted by molar-refractivity contribution is 7.98. The normalized spacial score (nSPS) is 15.1. The minimum Gasteiger partial charge on any atom is -0.368 e. The van der Waals surface area contributed by atoms with Crippen molar-refractivity contribution in [2.75, 3.05) is 23.0 Å². The van der Waals surface area contributed by atoms with E-state index in [0.29, 0.717) is 22.2 Å². The van der Waals surface area contributed by atoms with Crippen molar-refractivity contribution >= 4 is 35.1 Å². The van der Waals surface area contributed by atoms with E-state index in [1.807, 2.05) is 13.2 Å². The zero-order chi connectivity index (χ0) is 19.8. The van der Waals surface area contributed by atoms with Crippen LogP contribution in [0.2, 0.25) is 0 Å². The van der Waals surface area contributed by atoms with Crippen LogP contribution in [0.5, 0.6) is 0 Å². The summed E-state index contributed by atoms with van der Waals surface area (Å²) in [4.78, 5) is 22.7. The first-order valence-corrected chi connectivity index (χ1v) is 9.67. The van der Waals surface area contributed by atoms with Crippen LogP contribution in [0.3, 0.4) is 0 Å². The van der Waals surface area contributed by atoms with Crippen LogP contribution in [-0.4, -0.2) is 43.6 Å². The number of aliphatic hydroxyl groups excluding tert-OH is 1. The molecule has 3 aromatic heterocycles. The van der Waals surface area contributed by atoms with E-state index in [0.717, 1.165) is 11.9 Å². The Hall–Kier alpha value is -2.98. The molecule has 0 saturated heterocycles. The van der Waals surface area contributed by atoms with Crippen molar-refractivity contribution in [3.8, 4) is 0 Å². The van der Waals surface area contributed by atoms with Gasteiger partial charge in [-0.05, 0) is 37.4 Å². The van der Waals surface area contributed by atoms with Gasteiger partial charge < -0.3 is 15.3 Å². The maximum Gasteiger partial charge on any atom is 0.245 e. The second kappa shape index (κ2) is 7.21. The van der Waals surface area contributed by atoms with Gasteiger partial charge in [-0.3, -0.25) is 4.79 Å². The molecule has 8 nitrogen and oxygen atoms in total. The van der Waals surface area contributed by atoms with E-state index < -0.39 is 12.0 Å². The molecule has 1 aliphatic heterocycles. The standard InChI is InChI=1S/C18H17FN6O2S/c1-10-3-5-12-17(21-10)24(16-7-15(28-2)23-25(16)18(12)27)9-14(26)22-13-6-4-11(19)8-20-13/h3-8,18,27H,9H2,1-2H3,(H,20,22,26). The Morgan fingerprint density at radius 3 is 2.89 bits per heavy atom. The molecule has 1 atom stereocenters. The molecule has 0 saturated carbocycles. The first kappa shape index (κ1) is 18.4. The van der Waals surface area contributed by atoms with Gasteiger partial charge in [0.15, 0.2) is 6.23 Å². The molecule has 1 aliphatic rings. The van der Waals surface area contributed by atoms with Gasteiger partial charge in [0.25, 0.3) is 0 Å². The summed E-state index contributed by atoms with van der Waals surface area (Å²) >= 11 is 1.43. The Kier molecular flexibility index (Phi) is 4.73. The molecule has 0 radical (unpaired) electrons. The summed E-state index contributed by atoms with van der Waals surface area (Å²) in [6.07, 6.45) is 1.93. The lowest BCUT2D eigenvalue weighted by molar-refractivity contribution is -0.114. The summed E-state index contributed by atoms with van der Waals surface area (Å²) in [6, 6.07) is 7.98. The van der Waals surface area contributed by atoms with Crippen molar-refractivity contribution in [3.63, 3.8) is 0 Å². The van der Waals surface area contributed by atoms with Gasteiger partial charge in [0, 0.05) is 17.3 Å². The molecule has 1 amide bonds. The number of thioether (sulfide) groups is 1. The second-order valence-electron chi connectivity index (χ2n) is 6.22. The largest absolute Gasteiger partial charge is 0.368 e. The quantitative estimate of drug-likeness (QED) is 0.650. The van der Waals surface area contributed by atoms with Crippen molar-refractivity contribution in [1.82, 2.24) is 19.7 Å². The average molecular weight is 400 g/mol. The van der Waals surface area contributed by atoms with Crippen LogP contribution in [0.15, 0.2) is 41.6 Å². The van der Waals surface area contributed by atoms with Gasteiger partial charge in [-0.25, -0.2) is 19.0 Å². The van der Waals surface area contributed by atoms with Crippen molar-refractivity contribution < 1.29 is 14.3 Å². The lowest BCUT2D eigenvalue weighted by Crippen LogP contribution is -2.36. The third kappa shape index (κ3) is 3.32. The Balaban J connectivity index is 1.68. The molecular weight excluding hydrogens is 383 g/mol. The third-order valence-electron chi connectivity index (χ3n) is 4.29. The molecule has 4 rings (SSSR count). The van der Waals surface area contributed by atoms with Crippen molar-refractivity contribution in [2.45, 2.75) is 18.2 Å². The van der Waals surface area contributed by atoms with Crippen LogP contribution in [0, 0.1) is 12.7 Å². The predicted octanol–water partition coefficient (Wildman–Crippen LogP) is 2.47. The fourth-order valence-electron chi connectivity index (χ4n) is 2.99. The first-order chi connectivity index (χ1) is 13.5. The minimum atomic E-state index is -0.989. The van der Waals surface area contributed by atoms with E-state index in [1.54, 1.807) is 23.1 Å². The molecule has 0 aliphatic carbocycles. The number of nitrogens with zero attached hydrogens (tertiary/aromatic N) is 5. The summed E-state index contributed by atoms with van der Waals surface area (Å²) in [6.45, 7) is 1.77. The smallest absolute Gasteiger partial charge is 0.245 e. The number of anilines is 3. The number of amides is 1. The van der Waals surface area contributed by atoms with Gasteiger partial charge in [0.05, 0.1) is 6.20 Å². The SMILES string of the molecule is CSc1cc2n(n1)C(O)c1ccc(C)nc1N2CC(=O)Nc1ccc(F)cn1. The zero-order valence-corrected chi connectivity index (χ0v) is 15.9. The summed E-state index contributed by atoms with van der Waals surface area (Å²) in [5.74, 6) is 0.465. The Morgan fingerprint density at radius 1 is 1.36 bits per heavy atom. The molecule has 0 spiro atoms. The Bertz CT molecular complexity index is 1040. The lowest BCUT2D eigenvalue weighted by Gasteiger charge is -2.32. The van der Waals surface area contributed by atoms with Crippen LogP contribution in [0.1, 0.15) is 17.5 Å². The average Bonchev–Trinajstić information content (AvgIpc) is 3.11. The number of carbonyl (C=O) groups is 1. The van der Waals surface area contributed by atoms with Crippen LogP contribution in [-0.2, 0) is 4.79 Å². The van der Waals surface area contributed by atoms with Gasteiger partial charge in [0.2, 0.25) is 5.91 Å². The number of carbonyl (C=O) groups excluding carboxylic acids is 1. The summed E-state index contributed by atoms with van der Waals surface area (Å²) in [7, 11) is 0. The van der Waals surface area contributed by atoms with Gasteiger partial charge in [-0.15, -0.1) is 11.8 Å². The summed E-state index contributed by atoms with van der Waals surface area (Å²) in [5, 5.41) is 18.5. The number of aryl methyl sites for hydroxylation is 1. The molecule has 28 heavy (non-hydrogen) atoms. The van der Waals surface area contributed by atoms with Crippen molar-refractivity contribution in [2.24, 2.45) is 0 Å². The number of rotatable bonds is 4. The number of hydrogen-bond acceptors (Lipinski definition) is 7. The molecule has 4 heterocycles. The maximum atomic E-state index is 13.0. The molecule has 0 fully saturated rings. The van der Waals surface area contributed by atoms with Gasteiger partial charge in [-0.2, -0.15) is 5.10 Å². The predicted molar refractivity (Wildman–Crippen MR) is 103 cm³/mol. The van der Waals surface area contributed by atoms with E-state index in [2.05, 4.69) is 20.4 Å². The summed E-state index contributed by atoms with van der Waals surface area (Å²) < 4.78 is 14.5. The Labute approximate surface area is 164 Å². The monoisotopic (exact) mass is 400 g/mol. The van der Waals surface area contributed by atoms with E-state index >= 15 is 0 Å². The van der Waals surface area contributed by atoms with Crippen LogP contribution < -0.4 is 10.2 Å². The first-order valence-electron chi connectivity index (χ1n) is 8.44. The molecule has 3 aromatic rings. The number of fused-ring (bicyclic) bond motifs is 2. The van der Waals surface area contributed by atoms with E-state index in [9.17, 15) is 14.3 Å². The molecule has 2 N–H and O–H groups in total. The minimum absolute atomic E-state index is 0.0747. The number of aliphatic hydroxyl groups is 1. The lowest BCUT2D eigenvalue weighted by atomic mass is 10.1. The molecule has 144 valence electrons. The van der Waals surface area contributed by atoms with Crippen molar-refractivity contribution in [1.29, 1.82) is 0 Å². The number of pyridine rings is 2. The number of hydrogen-bond donors (Lipinski definition) is 2. The van der Waals surface area contributed by atoms with E-state index in [-0.39, 0.29) is 18.3 Å². The second-order valence-corrected chi connectivity index (χ2v) is 7.05. The molecule has 10 heteroatoms. The highest BCUT2D eigenvalue weighted by Crippen LogP contribution is 2.39. The molecule has 0 bridgehead atoms. The van der Waals surface area contributed by atoms with Gasteiger partial charge in [0.1, 0.15) is 34.8 Å². The van der Waals surface area contributed by atoms with Crippen molar-refractivity contribution in [3.05, 3.63) is 53.6 Å². The summed E-state index contributed by atoms with van der Waals surface area (Å²) in [5.41, 5.74) is 1.32. The maximum absolute atomic E-state index is 13.0. The molecular formula is C18H17FN6O2S. The van der Waals surface area contributed by atoms with Gasteiger partial charge >= 0.3 is 0 Å². The van der Waals surface area contributed by atoms with Crippen LogP contribution in [0.4, 0.5) is 21.8 Å². The van der Waals surface area contributed by atoms with E-state index in [1.165, 1.54) is 28.6 Å². The topological polar surface area (TPSA) is 96.2 Å². The highest BCUT2D eigenvalue weighted by atomic mass is 32.2. The van der Waals surface area contributed by atoms with E-state index in [4.69, 9.17) is 0 Å². The van der Waals surface area contributed by atoms with Crippen LogP contribution >= 0.6 is 11.8 Å². The molecule has 1 unspecified atom stereocenters. The highest BCUT2D eigenvalue weighted by Gasteiger charge is 2.33. The number of aromatic nitrogens is 4. The third-order valence-corrected chi connectivity index (χ3v) is 4.90. The van der Waals surface area contributed by atoms with Crippen LogP contribution in [0.25, 0.3) is 0 Å². The zero-order valence-electron chi connectivity index (χ0n) is 15.1. The fourth-order valence-corrected chi connectivity index (χ4v) is 3.38. The fraction of sp³-hybridized carbons (Fsp3) is 0.222. The Morgan fingerprint density at radius 2 is 2.18 bits per heavy atom. The number of halogens is 1. The molecule has 0 aromatic carbocycles. The van der Waals surface area contributed by atoms with Gasteiger partial charge in [-0.1, -0.05) is 0 Å². The number of nitrogens with one attached hydrogen (secondary N) is 1.